The Bertz CT molecular complexity index is 538. The van der Waals surface area contributed by atoms with Gasteiger partial charge in [-0.1, -0.05) is 26.8 Å². The third-order valence-electron chi connectivity index (χ3n) is 4.12. The predicted molar refractivity (Wildman–Crippen MR) is 82.4 cm³/mol. The molecule has 0 aromatic heterocycles. The van der Waals surface area contributed by atoms with Crippen molar-refractivity contribution in [2.75, 3.05) is 13.2 Å². The van der Waals surface area contributed by atoms with E-state index in [0.29, 0.717) is 19.6 Å². The summed E-state index contributed by atoms with van der Waals surface area (Å²) in [5.41, 5.74) is 7.35. The zero-order chi connectivity index (χ0) is 17.3. The number of hydrogen-bond donors (Lipinski definition) is 1. The maximum Gasteiger partial charge on any atom is 0.573 e. The molecule has 1 heterocycles. The van der Waals surface area contributed by atoms with Crippen molar-refractivity contribution in [3.8, 4) is 5.75 Å². The van der Waals surface area contributed by atoms with Crippen LogP contribution in [0, 0.1) is 5.92 Å². The van der Waals surface area contributed by atoms with Crippen molar-refractivity contribution in [3.05, 3.63) is 29.3 Å². The summed E-state index contributed by atoms with van der Waals surface area (Å²) >= 11 is 0. The molecule has 130 valence electrons. The van der Waals surface area contributed by atoms with Gasteiger partial charge in [0.2, 0.25) is 0 Å². The fourth-order valence-corrected chi connectivity index (χ4v) is 2.70. The molecule has 0 spiro atoms. The molecule has 1 aliphatic rings. The van der Waals surface area contributed by atoms with Crippen LogP contribution in [0.1, 0.15) is 38.3 Å². The molecule has 0 amide bonds. The third-order valence-corrected chi connectivity index (χ3v) is 4.12. The van der Waals surface area contributed by atoms with E-state index in [0.717, 1.165) is 17.5 Å². The minimum Gasteiger partial charge on any atom is -0.406 e. The lowest BCUT2D eigenvalue weighted by Gasteiger charge is -2.22. The summed E-state index contributed by atoms with van der Waals surface area (Å²) in [6, 6.07) is 4.88. The second-order valence-corrected chi connectivity index (χ2v) is 7.16. The number of alkyl halides is 3. The lowest BCUT2D eigenvalue weighted by Crippen LogP contribution is -2.28. The van der Waals surface area contributed by atoms with Crippen molar-refractivity contribution in [2.45, 2.75) is 51.4 Å². The van der Waals surface area contributed by atoms with Gasteiger partial charge >= 0.3 is 6.36 Å². The van der Waals surface area contributed by atoms with Gasteiger partial charge in [-0.05, 0) is 47.4 Å². The van der Waals surface area contributed by atoms with E-state index < -0.39 is 6.36 Å². The summed E-state index contributed by atoms with van der Waals surface area (Å²) in [7, 11) is 0. The number of benzene rings is 1. The Labute approximate surface area is 135 Å². The molecule has 1 saturated heterocycles. The number of nitrogens with two attached hydrogens (primary N) is 1. The van der Waals surface area contributed by atoms with Crippen molar-refractivity contribution in [2.24, 2.45) is 11.7 Å². The van der Waals surface area contributed by atoms with Gasteiger partial charge in [-0.15, -0.1) is 13.2 Å². The van der Waals surface area contributed by atoms with E-state index in [1.807, 2.05) is 26.8 Å². The summed E-state index contributed by atoms with van der Waals surface area (Å²) in [5, 5.41) is 0. The highest BCUT2D eigenvalue weighted by Gasteiger charge is 2.32. The van der Waals surface area contributed by atoms with Crippen molar-refractivity contribution in [1.82, 2.24) is 0 Å². The molecule has 0 radical (unpaired) electrons. The SMILES string of the molecule is CC(C)(C)c1cc(CCC2COCC2N)cc(OC(F)(F)F)c1. The molecule has 2 N–H and O–H groups in total. The molecule has 0 bridgehead atoms. The highest BCUT2D eigenvalue weighted by molar-refractivity contribution is 5.38. The van der Waals surface area contributed by atoms with Gasteiger partial charge in [-0.2, -0.15) is 0 Å². The lowest BCUT2D eigenvalue weighted by molar-refractivity contribution is -0.274. The molecule has 1 fully saturated rings. The van der Waals surface area contributed by atoms with Gasteiger partial charge in [0.05, 0.1) is 13.2 Å². The van der Waals surface area contributed by atoms with Gasteiger partial charge in [0.25, 0.3) is 0 Å². The number of halogens is 3. The number of aryl methyl sites for hydroxylation is 1. The number of rotatable bonds is 4. The largest absolute Gasteiger partial charge is 0.573 e. The summed E-state index contributed by atoms with van der Waals surface area (Å²) < 4.78 is 47.0. The van der Waals surface area contributed by atoms with Gasteiger partial charge in [0.15, 0.2) is 0 Å². The fraction of sp³-hybridized carbons (Fsp3) is 0.647. The molecule has 2 atom stereocenters. The topological polar surface area (TPSA) is 44.5 Å². The number of ether oxygens (including phenoxy) is 2. The second-order valence-electron chi connectivity index (χ2n) is 7.16. The van der Waals surface area contributed by atoms with Crippen LogP contribution in [0.15, 0.2) is 18.2 Å². The Hall–Kier alpha value is -1.27. The zero-order valence-electron chi connectivity index (χ0n) is 13.7. The lowest BCUT2D eigenvalue weighted by atomic mass is 9.85. The Morgan fingerprint density at radius 1 is 1.17 bits per heavy atom. The molecule has 2 rings (SSSR count). The fourth-order valence-electron chi connectivity index (χ4n) is 2.70. The van der Waals surface area contributed by atoms with Crippen LogP contribution in [0.4, 0.5) is 13.2 Å². The standard InChI is InChI=1S/C17H24F3NO2/c1-16(2,3)13-6-11(4-5-12-9-22-10-15(12)21)7-14(8-13)23-17(18,19)20/h6-8,12,15H,4-5,9-10,21H2,1-3H3. The predicted octanol–water partition coefficient (Wildman–Crippen LogP) is 3.79. The minimum absolute atomic E-state index is 0.00620. The normalized spacial score (nSPS) is 22.4. The van der Waals surface area contributed by atoms with Crippen LogP contribution < -0.4 is 10.5 Å². The monoisotopic (exact) mass is 331 g/mol. The Balaban J connectivity index is 2.18. The molecule has 0 aliphatic carbocycles. The molecular formula is C17H24F3NO2. The molecule has 1 aromatic rings. The van der Waals surface area contributed by atoms with Gasteiger partial charge in [-0.25, -0.2) is 0 Å². The average Bonchev–Trinajstić information content (AvgIpc) is 2.78. The van der Waals surface area contributed by atoms with Crippen molar-refractivity contribution >= 4 is 0 Å². The van der Waals surface area contributed by atoms with Crippen LogP contribution in [0.3, 0.4) is 0 Å². The van der Waals surface area contributed by atoms with Crippen molar-refractivity contribution in [1.29, 1.82) is 0 Å². The minimum atomic E-state index is -4.69. The molecule has 2 unspecified atom stereocenters. The molecule has 6 heteroatoms. The maximum atomic E-state index is 12.5. The molecule has 23 heavy (non-hydrogen) atoms. The second kappa shape index (κ2) is 6.69. The Kier molecular flexibility index (Phi) is 5.26. The Morgan fingerprint density at radius 2 is 1.87 bits per heavy atom. The van der Waals surface area contributed by atoms with Crippen molar-refractivity contribution in [3.63, 3.8) is 0 Å². The molecular weight excluding hydrogens is 307 g/mol. The van der Waals surface area contributed by atoms with Crippen LogP contribution in [-0.2, 0) is 16.6 Å². The molecule has 1 aromatic carbocycles. The summed E-state index contributed by atoms with van der Waals surface area (Å²) in [6.07, 6.45) is -3.24. The van der Waals surface area contributed by atoms with Crippen LogP contribution in [0.2, 0.25) is 0 Å². The smallest absolute Gasteiger partial charge is 0.406 e. The van der Waals surface area contributed by atoms with Crippen LogP contribution in [0.5, 0.6) is 5.75 Å². The third kappa shape index (κ3) is 5.39. The first-order valence-electron chi connectivity index (χ1n) is 7.78. The highest BCUT2D eigenvalue weighted by atomic mass is 19.4. The maximum absolute atomic E-state index is 12.5. The van der Waals surface area contributed by atoms with Crippen LogP contribution in [0.25, 0.3) is 0 Å². The first-order chi connectivity index (χ1) is 10.5. The van der Waals surface area contributed by atoms with Gasteiger partial charge < -0.3 is 15.2 Å². The van der Waals surface area contributed by atoms with Crippen LogP contribution in [-0.4, -0.2) is 25.6 Å². The van der Waals surface area contributed by atoms with E-state index in [9.17, 15) is 13.2 Å². The molecule has 1 aliphatic heterocycles. The summed E-state index contributed by atoms with van der Waals surface area (Å²) in [5.74, 6) is 0.0900. The summed E-state index contributed by atoms with van der Waals surface area (Å²) in [4.78, 5) is 0. The Morgan fingerprint density at radius 3 is 2.39 bits per heavy atom. The van der Waals surface area contributed by atoms with Gasteiger partial charge in [0, 0.05) is 6.04 Å². The first-order valence-corrected chi connectivity index (χ1v) is 7.78. The highest BCUT2D eigenvalue weighted by Crippen LogP contribution is 2.31. The van der Waals surface area contributed by atoms with E-state index in [-0.39, 0.29) is 23.1 Å². The van der Waals surface area contributed by atoms with E-state index >= 15 is 0 Å². The summed E-state index contributed by atoms with van der Waals surface area (Å²) in [6.45, 7) is 7.06. The quantitative estimate of drug-likeness (QED) is 0.913. The van der Waals surface area contributed by atoms with E-state index in [4.69, 9.17) is 10.5 Å². The molecule has 3 nitrogen and oxygen atoms in total. The van der Waals surface area contributed by atoms with Gasteiger partial charge in [0.1, 0.15) is 5.75 Å². The van der Waals surface area contributed by atoms with Crippen molar-refractivity contribution < 1.29 is 22.6 Å². The average molecular weight is 331 g/mol. The van der Waals surface area contributed by atoms with Crippen LogP contribution >= 0.6 is 0 Å². The zero-order valence-corrected chi connectivity index (χ0v) is 13.7. The van der Waals surface area contributed by atoms with E-state index in [1.165, 1.54) is 12.1 Å². The van der Waals surface area contributed by atoms with E-state index in [2.05, 4.69) is 4.74 Å². The van der Waals surface area contributed by atoms with Gasteiger partial charge in [-0.3, -0.25) is 0 Å². The number of hydrogen-bond acceptors (Lipinski definition) is 3. The van der Waals surface area contributed by atoms with E-state index in [1.54, 1.807) is 0 Å². The first kappa shape index (κ1) is 18.1. The molecule has 0 saturated carbocycles.